The van der Waals surface area contributed by atoms with E-state index in [0.29, 0.717) is 29.2 Å². The van der Waals surface area contributed by atoms with Crippen molar-refractivity contribution in [1.29, 1.82) is 0 Å². The second-order valence-corrected chi connectivity index (χ2v) is 12.2. The van der Waals surface area contributed by atoms with Crippen molar-refractivity contribution >= 4 is 58.3 Å². The number of amides is 3. The van der Waals surface area contributed by atoms with E-state index in [9.17, 15) is 14.4 Å². The molecule has 3 heterocycles. The third kappa shape index (κ3) is 6.18. The first kappa shape index (κ1) is 26.2. The molecule has 0 bridgehead atoms. The molecular formula is C26H34ClN5O4S. The number of cyclic esters (lactones) is 1. The maximum atomic E-state index is 13.1. The lowest BCUT2D eigenvalue weighted by Gasteiger charge is -2.26. The number of carbonyl (C=O) groups excluding carboxylic acids is 3. The molecule has 2 saturated heterocycles. The zero-order chi connectivity index (χ0) is 25.9. The van der Waals surface area contributed by atoms with E-state index in [1.54, 1.807) is 4.90 Å². The molecule has 5 rings (SSSR count). The first-order chi connectivity index (χ1) is 17.9. The number of thioether (sulfide) groups is 1. The fraction of sp³-hybridized carbons (Fsp3) is 0.577. The van der Waals surface area contributed by atoms with Gasteiger partial charge in [-0.1, -0.05) is 25.3 Å². The minimum Gasteiger partial charge on any atom is -0.442 e. The molecule has 4 aliphatic rings. The lowest BCUT2D eigenvalue weighted by atomic mass is 9.88. The average molecular weight is 548 g/mol. The van der Waals surface area contributed by atoms with Gasteiger partial charge in [0.2, 0.25) is 5.91 Å². The molecule has 0 spiro atoms. The van der Waals surface area contributed by atoms with Gasteiger partial charge in [0.1, 0.15) is 6.10 Å². The van der Waals surface area contributed by atoms with Gasteiger partial charge in [0, 0.05) is 30.7 Å². The van der Waals surface area contributed by atoms with Crippen LogP contribution in [0.25, 0.3) is 0 Å². The summed E-state index contributed by atoms with van der Waals surface area (Å²) in [6, 6.07) is 5.76. The monoisotopic (exact) mass is 547 g/mol. The molecule has 1 saturated carbocycles. The van der Waals surface area contributed by atoms with Crippen molar-refractivity contribution in [2.75, 3.05) is 41.3 Å². The number of nitrogens with one attached hydrogen (secondary N) is 2. The van der Waals surface area contributed by atoms with E-state index >= 15 is 0 Å². The molecule has 1 aliphatic carbocycles. The van der Waals surface area contributed by atoms with Crippen molar-refractivity contribution in [1.82, 2.24) is 5.32 Å². The highest BCUT2D eigenvalue weighted by Crippen LogP contribution is 2.36. The highest BCUT2D eigenvalue weighted by atomic mass is 35.5. The molecular weight excluding hydrogens is 514 g/mol. The predicted molar refractivity (Wildman–Crippen MR) is 147 cm³/mol. The van der Waals surface area contributed by atoms with Gasteiger partial charge in [-0.25, -0.2) is 4.79 Å². The summed E-state index contributed by atoms with van der Waals surface area (Å²) in [4.78, 5) is 42.6. The zero-order valence-corrected chi connectivity index (χ0v) is 22.4. The van der Waals surface area contributed by atoms with E-state index in [2.05, 4.69) is 15.5 Å². The Balaban J connectivity index is 1.28. The SMILES string of the molecule is NC1CCN(c2ccc(N3CC(CNC(=O)C4=CCC(Cl)S4)OC3=O)cc2NC(=O)C2CCCCC2)C1. The van der Waals surface area contributed by atoms with Crippen LogP contribution in [0.2, 0.25) is 0 Å². The van der Waals surface area contributed by atoms with Crippen molar-refractivity contribution in [3.05, 3.63) is 29.2 Å². The van der Waals surface area contributed by atoms with E-state index in [0.717, 1.165) is 50.9 Å². The van der Waals surface area contributed by atoms with Crippen LogP contribution in [0.3, 0.4) is 0 Å². The van der Waals surface area contributed by atoms with Gasteiger partial charge in [0.15, 0.2) is 0 Å². The van der Waals surface area contributed by atoms with Crippen LogP contribution in [0.15, 0.2) is 29.2 Å². The molecule has 3 aliphatic heterocycles. The van der Waals surface area contributed by atoms with Crippen LogP contribution in [0.4, 0.5) is 21.9 Å². The predicted octanol–water partition coefficient (Wildman–Crippen LogP) is 3.77. The van der Waals surface area contributed by atoms with Gasteiger partial charge < -0.3 is 26.0 Å². The number of allylic oxidation sites excluding steroid dienone is 1. The number of nitrogens with zero attached hydrogens (tertiary/aromatic N) is 2. The summed E-state index contributed by atoms with van der Waals surface area (Å²) in [7, 11) is 0. The van der Waals surface area contributed by atoms with E-state index in [-0.39, 0.29) is 35.0 Å². The van der Waals surface area contributed by atoms with Gasteiger partial charge in [-0.3, -0.25) is 14.5 Å². The molecule has 1 aromatic rings. The summed E-state index contributed by atoms with van der Waals surface area (Å²) in [6.07, 6.45) is 7.55. The largest absolute Gasteiger partial charge is 0.442 e. The lowest BCUT2D eigenvalue weighted by Crippen LogP contribution is -2.35. The summed E-state index contributed by atoms with van der Waals surface area (Å²) in [5.41, 5.74) is 8.39. The van der Waals surface area contributed by atoms with Crippen LogP contribution in [-0.2, 0) is 14.3 Å². The highest BCUT2D eigenvalue weighted by Gasteiger charge is 2.34. The van der Waals surface area contributed by atoms with E-state index in [1.807, 2.05) is 24.3 Å². The Morgan fingerprint density at radius 3 is 2.68 bits per heavy atom. The molecule has 4 N–H and O–H groups in total. The van der Waals surface area contributed by atoms with Crippen LogP contribution in [0.1, 0.15) is 44.9 Å². The molecule has 37 heavy (non-hydrogen) atoms. The number of ether oxygens (including phenoxy) is 1. The number of hydrogen-bond acceptors (Lipinski definition) is 7. The highest BCUT2D eigenvalue weighted by molar-refractivity contribution is 8.05. The van der Waals surface area contributed by atoms with Crippen LogP contribution in [-0.4, -0.2) is 60.9 Å². The third-order valence-electron chi connectivity index (χ3n) is 7.42. The number of benzene rings is 1. The fourth-order valence-corrected chi connectivity index (χ4v) is 6.60. The van der Waals surface area contributed by atoms with Gasteiger partial charge in [-0.15, -0.1) is 23.4 Å². The van der Waals surface area contributed by atoms with Crippen molar-refractivity contribution in [2.24, 2.45) is 11.7 Å². The van der Waals surface area contributed by atoms with Gasteiger partial charge in [0.25, 0.3) is 5.91 Å². The minimum atomic E-state index is -0.480. The van der Waals surface area contributed by atoms with Crippen LogP contribution >= 0.6 is 23.4 Å². The first-order valence-corrected chi connectivity index (χ1v) is 14.4. The standard InChI is InChI=1S/C26H34ClN5O4S/c27-23-9-8-22(37-23)25(34)29-13-19-15-32(26(35)36-19)18-6-7-21(31-11-10-17(28)14-31)20(12-18)30-24(33)16-4-2-1-3-5-16/h6-8,12,16-17,19,23H,1-5,9-11,13-15,28H2,(H,29,34)(H,30,33). The lowest BCUT2D eigenvalue weighted by molar-refractivity contribution is -0.120. The molecule has 3 atom stereocenters. The Morgan fingerprint density at radius 1 is 1.16 bits per heavy atom. The average Bonchev–Trinajstić information content (AvgIpc) is 3.63. The topological polar surface area (TPSA) is 117 Å². The smallest absolute Gasteiger partial charge is 0.414 e. The Labute approximate surface area is 226 Å². The van der Waals surface area contributed by atoms with E-state index < -0.39 is 12.2 Å². The van der Waals surface area contributed by atoms with Crippen molar-refractivity contribution < 1.29 is 19.1 Å². The zero-order valence-electron chi connectivity index (χ0n) is 20.8. The molecule has 0 aromatic heterocycles. The van der Waals surface area contributed by atoms with E-state index in [1.165, 1.54) is 18.2 Å². The number of rotatable bonds is 7. The molecule has 0 radical (unpaired) electrons. The van der Waals surface area contributed by atoms with Gasteiger partial charge in [-0.2, -0.15) is 0 Å². The van der Waals surface area contributed by atoms with Crippen LogP contribution < -0.4 is 26.2 Å². The Kier molecular flexibility index (Phi) is 8.16. The maximum Gasteiger partial charge on any atom is 0.414 e. The molecule has 200 valence electrons. The second-order valence-electron chi connectivity index (χ2n) is 10.2. The van der Waals surface area contributed by atoms with Crippen molar-refractivity contribution in [3.63, 3.8) is 0 Å². The number of alkyl halides is 1. The van der Waals surface area contributed by atoms with Gasteiger partial charge >= 0.3 is 6.09 Å². The third-order valence-corrected chi connectivity index (χ3v) is 8.92. The molecule has 3 unspecified atom stereocenters. The molecule has 3 fully saturated rings. The number of hydrogen-bond donors (Lipinski definition) is 3. The summed E-state index contributed by atoms with van der Waals surface area (Å²) >= 11 is 7.38. The Morgan fingerprint density at radius 2 is 1.97 bits per heavy atom. The van der Waals surface area contributed by atoms with Gasteiger partial charge in [0.05, 0.1) is 34.1 Å². The number of halogens is 1. The summed E-state index contributed by atoms with van der Waals surface area (Å²) < 4.78 is 5.41. The Hall–Kier alpha value is -2.43. The molecule has 1 aromatic carbocycles. The number of anilines is 3. The van der Waals surface area contributed by atoms with Crippen LogP contribution in [0, 0.1) is 5.92 Å². The van der Waals surface area contributed by atoms with Gasteiger partial charge in [-0.05, 0) is 43.9 Å². The molecule has 11 heteroatoms. The minimum absolute atomic E-state index is 0.0121. The number of carbonyl (C=O) groups is 3. The Bertz CT molecular complexity index is 1080. The normalized spacial score (nSPS) is 26.3. The van der Waals surface area contributed by atoms with Crippen LogP contribution in [0.5, 0.6) is 0 Å². The molecule has 3 amide bonds. The number of nitrogens with two attached hydrogens (primary N) is 1. The van der Waals surface area contributed by atoms with Crippen molar-refractivity contribution in [2.45, 2.75) is 61.8 Å². The second kappa shape index (κ2) is 11.5. The summed E-state index contributed by atoms with van der Waals surface area (Å²) in [5, 5.41) is 6.00. The quantitative estimate of drug-likeness (QED) is 0.445. The maximum absolute atomic E-state index is 13.1. The summed E-state index contributed by atoms with van der Waals surface area (Å²) in [5.74, 6) is -0.161. The molecule has 9 nitrogen and oxygen atoms in total. The van der Waals surface area contributed by atoms with E-state index in [4.69, 9.17) is 22.1 Å². The first-order valence-electron chi connectivity index (χ1n) is 13.1. The fourth-order valence-electron chi connectivity index (χ4n) is 5.39. The summed E-state index contributed by atoms with van der Waals surface area (Å²) in [6.45, 7) is 2.05. The van der Waals surface area contributed by atoms with Crippen molar-refractivity contribution in [3.8, 4) is 0 Å².